The fourth-order valence-corrected chi connectivity index (χ4v) is 11.3. The largest absolute Gasteiger partial charge is 0.398 e. The maximum atomic E-state index is 6.75. The number of benzene rings is 8. The minimum absolute atomic E-state index is 0.0446. The van der Waals surface area contributed by atoms with E-state index in [9.17, 15) is 0 Å². The van der Waals surface area contributed by atoms with Crippen molar-refractivity contribution in [3.63, 3.8) is 0 Å². The average molecular weight is 919 g/mol. The van der Waals surface area contributed by atoms with Crippen LogP contribution in [0.5, 0.6) is 0 Å². The summed E-state index contributed by atoms with van der Waals surface area (Å²) in [7, 11) is 0. The van der Waals surface area contributed by atoms with Gasteiger partial charge in [0.15, 0.2) is 0 Å². The maximum Gasteiger partial charge on any atom is 0.0979 e. The third-order valence-electron chi connectivity index (χ3n) is 15.1. The number of nitrogens with zero attached hydrogens (tertiary/aromatic N) is 2. The lowest BCUT2D eigenvalue weighted by Crippen LogP contribution is -2.12. The first-order valence-corrected chi connectivity index (χ1v) is 26.1. The number of anilines is 2. The van der Waals surface area contributed by atoms with Gasteiger partial charge in [-0.2, -0.15) is 0 Å². The lowest BCUT2D eigenvalue weighted by molar-refractivity contribution is 0.940. The SMILES string of the molecule is CCc1cc(C(c2ccccc2)c2cc(CC)c(N=C3C(=Nc4c(CC)cc(C(c5ccccc5)c5cc(CC)c(N)c(CC)c5)cc4CC)c4cccc5cccc3c45)c(CC)c2)cc(CC)c1N. The fraction of sp³-hybridized carbons (Fsp3) is 0.273. The molecule has 0 radical (unpaired) electrons. The lowest BCUT2D eigenvalue weighted by Gasteiger charge is -2.24. The van der Waals surface area contributed by atoms with Crippen LogP contribution in [0.3, 0.4) is 0 Å². The molecular formula is C66H70N4. The van der Waals surface area contributed by atoms with Gasteiger partial charge in [-0.25, -0.2) is 9.98 Å². The van der Waals surface area contributed by atoms with Gasteiger partial charge in [0.2, 0.25) is 0 Å². The summed E-state index contributed by atoms with van der Waals surface area (Å²) in [5, 5.41) is 2.43. The zero-order valence-electron chi connectivity index (χ0n) is 42.7. The molecule has 0 saturated carbocycles. The predicted molar refractivity (Wildman–Crippen MR) is 301 cm³/mol. The zero-order valence-corrected chi connectivity index (χ0v) is 42.7. The van der Waals surface area contributed by atoms with E-state index in [2.05, 4.69) is 201 Å². The predicted octanol–water partition coefficient (Wildman–Crippen LogP) is 16.1. The molecule has 70 heavy (non-hydrogen) atoms. The smallest absolute Gasteiger partial charge is 0.0979 e. The van der Waals surface area contributed by atoms with Gasteiger partial charge in [-0.3, -0.25) is 0 Å². The molecule has 0 saturated heterocycles. The van der Waals surface area contributed by atoms with Gasteiger partial charge in [-0.15, -0.1) is 0 Å². The van der Waals surface area contributed by atoms with Crippen molar-refractivity contribution in [1.82, 2.24) is 0 Å². The molecule has 1 aliphatic rings. The highest BCUT2D eigenvalue weighted by atomic mass is 14.8. The van der Waals surface area contributed by atoms with Crippen LogP contribution < -0.4 is 11.5 Å². The van der Waals surface area contributed by atoms with Gasteiger partial charge >= 0.3 is 0 Å². The molecule has 0 aromatic heterocycles. The summed E-state index contributed by atoms with van der Waals surface area (Å²) in [6.45, 7) is 17.9. The summed E-state index contributed by atoms with van der Waals surface area (Å²) in [6, 6.07) is 54.4. The molecule has 8 aromatic rings. The van der Waals surface area contributed by atoms with E-state index < -0.39 is 0 Å². The van der Waals surface area contributed by atoms with E-state index in [0.717, 1.165) is 96.7 Å². The summed E-state index contributed by atoms with van der Waals surface area (Å²) in [6.07, 6.45) is 6.96. The number of aryl methyl sites for hydroxylation is 8. The van der Waals surface area contributed by atoms with Crippen LogP contribution in [0.25, 0.3) is 10.8 Å². The summed E-state index contributed by atoms with van der Waals surface area (Å²) < 4.78 is 0. The Kier molecular flexibility index (Phi) is 14.3. The zero-order chi connectivity index (χ0) is 49.1. The first-order valence-electron chi connectivity index (χ1n) is 26.1. The third kappa shape index (κ3) is 8.90. The van der Waals surface area contributed by atoms with Crippen LogP contribution >= 0.6 is 0 Å². The minimum Gasteiger partial charge on any atom is -0.398 e. The number of hydrogen-bond acceptors (Lipinski definition) is 4. The highest BCUT2D eigenvalue weighted by Crippen LogP contribution is 2.43. The molecule has 2 unspecified atom stereocenters. The second-order valence-corrected chi connectivity index (χ2v) is 19.0. The Bertz CT molecular complexity index is 2950. The monoisotopic (exact) mass is 919 g/mol. The first-order chi connectivity index (χ1) is 34.2. The van der Waals surface area contributed by atoms with Crippen LogP contribution in [0.2, 0.25) is 0 Å². The summed E-state index contributed by atoms with van der Waals surface area (Å²) in [5.74, 6) is 0.0891. The molecule has 0 fully saturated rings. The number of rotatable bonds is 16. The second-order valence-electron chi connectivity index (χ2n) is 19.0. The van der Waals surface area contributed by atoms with E-state index in [4.69, 9.17) is 21.5 Å². The van der Waals surface area contributed by atoms with E-state index in [0.29, 0.717) is 0 Å². The lowest BCUT2D eigenvalue weighted by atomic mass is 9.81. The topological polar surface area (TPSA) is 76.8 Å². The Morgan fingerprint density at radius 2 is 0.614 bits per heavy atom. The molecule has 2 atom stereocenters. The van der Waals surface area contributed by atoms with Crippen molar-refractivity contribution in [2.45, 2.75) is 119 Å². The van der Waals surface area contributed by atoms with Crippen molar-refractivity contribution in [2.75, 3.05) is 11.5 Å². The van der Waals surface area contributed by atoms with E-state index in [1.165, 1.54) is 88.7 Å². The average Bonchev–Trinajstić information content (AvgIpc) is 3.70. The molecule has 0 aliphatic heterocycles. The molecule has 4 heteroatoms. The number of hydrogen-bond donors (Lipinski definition) is 2. The highest BCUT2D eigenvalue weighted by Gasteiger charge is 2.30. The van der Waals surface area contributed by atoms with E-state index in [-0.39, 0.29) is 11.8 Å². The Labute approximate surface area is 417 Å². The molecule has 9 rings (SSSR count). The minimum atomic E-state index is 0.0446. The molecule has 0 spiro atoms. The van der Waals surface area contributed by atoms with Crippen LogP contribution in [0.4, 0.5) is 22.7 Å². The van der Waals surface area contributed by atoms with E-state index in [1.54, 1.807) is 0 Å². The van der Waals surface area contributed by atoms with Crippen molar-refractivity contribution in [1.29, 1.82) is 0 Å². The van der Waals surface area contributed by atoms with E-state index in [1.807, 2.05) is 0 Å². The Morgan fingerprint density at radius 3 is 0.900 bits per heavy atom. The van der Waals surface area contributed by atoms with Gasteiger partial charge in [0, 0.05) is 39.7 Å². The molecule has 1 aliphatic carbocycles. The van der Waals surface area contributed by atoms with Crippen molar-refractivity contribution in [3.05, 3.63) is 235 Å². The highest BCUT2D eigenvalue weighted by molar-refractivity contribution is 6.61. The molecule has 0 bridgehead atoms. The van der Waals surface area contributed by atoms with Crippen molar-refractivity contribution < 1.29 is 0 Å². The Morgan fingerprint density at radius 1 is 0.329 bits per heavy atom. The molecular weight excluding hydrogens is 849 g/mol. The summed E-state index contributed by atoms with van der Waals surface area (Å²) in [4.78, 5) is 11.7. The van der Waals surface area contributed by atoms with Gasteiger partial charge in [0.05, 0.1) is 22.8 Å². The van der Waals surface area contributed by atoms with Gasteiger partial charge in [-0.05, 0) is 135 Å². The van der Waals surface area contributed by atoms with Crippen molar-refractivity contribution in [3.8, 4) is 0 Å². The standard InChI is InChI=1S/C66H70N4/c1-9-41-33-52(34-42(10-2)61(41)67)58(49-25-19-17-20-26-49)54-37-45(13-5)63(46(14-6)38-54)69-65-56-31-23-29-51-30-24-32-57(60(51)56)66(65)70-64-47(15-7)39-55(40-48(64)16-8)59(50-27-21-18-22-28-50)53-35-43(11-3)62(68)44(12-4)36-53/h17-40,58-59H,9-16,67-68H2,1-8H3. The third-order valence-corrected chi connectivity index (χ3v) is 15.1. The number of aliphatic imine (C=N–C) groups is 2. The fourth-order valence-electron chi connectivity index (χ4n) is 11.3. The Balaban J connectivity index is 1.24. The van der Waals surface area contributed by atoms with Crippen LogP contribution in [-0.2, 0) is 51.4 Å². The van der Waals surface area contributed by atoms with Crippen LogP contribution in [0.15, 0.2) is 156 Å². The quantitative estimate of drug-likeness (QED) is 0.0748. The first kappa shape index (κ1) is 48.0. The van der Waals surface area contributed by atoms with Crippen LogP contribution in [0.1, 0.15) is 156 Å². The van der Waals surface area contributed by atoms with Gasteiger partial charge in [0.25, 0.3) is 0 Å². The van der Waals surface area contributed by atoms with Crippen molar-refractivity contribution in [2.24, 2.45) is 9.98 Å². The van der Waals surface area contributed by atoms with Gasteiger partial charge < -0.3 is 11.5 Å². The van der Waals surface area contributed by atoms with Crippen molar-refractivity contribution >= 4 is 44.9 Å². The van der Waals surface area contributed by atoms with E-state index >= 15 is 0 Å². The summed E-state index contributed by atoms with van der Waals surface area (Å²) in [5.41, 5.74) is 39.2. The van der Waals surface area contributed by atoms with Gasteiger partial charge in [-0.1, -0.05) is 201 Å². The number of nitrogen functional groups attached to an aromatic ring is 2. The van der Waals surface area contributed by atoms with Crippen LogP contribution in [0, 0.1) is 0 Å². The molecule has 8 aromatic carbocycles. The maximum absolute atomic E-state index is 6.75. The molecule has 354 valence electrons. The molecule has 0 heterocycles. The molecule has 4 N–H and O–H groups in total. The molecule has 0 amide bonds. The number of nitrogens with two attached hydrogens (primary N) is 2. The van der Waals surface area contributed by atoms with Crippen LogP contribution in [-0.4, -0.2) is 11.4 Å². The Hall–Kier alpha value is -7.04. The summed E-state index contributed by atoms with van der Waals surface area (Å²) >= 11 is 0. The second kappa shape index (κ2) is 20.9. The normalized spacial score (nSPS) is 14.2. The van der Waals surface area contributed by atoms with Gasteiger partial charge in [0.1, 0.15) is 0 Å². The molecule has 4 nitrogen and oxygen atoms in total.